The van der Waals surface area contributed by atoms with Crippen molar-refractivity contribution in [3.8, 4) is 0 Å². The Morgan fingerprint density at radius 2 is 2.38 bits per heavy atom. The molecular formula is C10H13ClN4S. The summed E-state index contributed by atoms with van der Waals surface area (Å²) in [5.74, 6) is 0.720. The number of thiophene rings is 1. The molecule has 1 atom stereocenters. The van der Waals surface area contributed by atoms with E-state index in [0.717, 1.165) is 12.2 Å². The second kappa shape index (κ2) is 4.93. The summed E-state index contributed by atoms with van der Waals surface area (Å²) in [7, 11) is 0. The largest absolute Gasteiger partial charge is 0.223 e. The van der Waals surface area contributed by atoms with Gasteiger partial charge in [0.05, 0.1) is 11.9 Å². The van der Waals surface area contributed by atoms with Crippen molar-refractivity contribution in [3.63, 3.8) is 0 Å². The Bertz CT molecular complexity index is 463. The molecule has 0 bridgehead atoms. The van der Waals surface area contributed by atoms with Crippen molar-refractivity contribution in [2.24, 2.45) is 0 Å². The molecule has 86 valence electrons. The average molecular weight is 257 g/mol. The molecule has 0 radical (unpaired) electrons. The van der Waals surface area contributed by atoms with Crippen LogP contribution in [0.5, 0.6) is 0 Å². The molecule has 0 saturated heterocycles. The van der Waals surface area contributed by atoms with E-state index in [9.17, 15) is 0 Å². The zero-order chi connectivity index (χ0) is 11.5. The molecule has 16 heavy (non-hydrogen) atoms. The molecule has 2 heterocycles. The summed E-state index contributed by atoms with van der Waals surface area (Å²) in [5, 5.41) is 13.5. The minimum absolute atomic E-state index is 0.167. The molecule has 1 unspecified atom stereocenters. The van der Waals surface area contributed by atoms with Crippen molar-refractivity contribution < 1.29 is 0 Å². The molecule has 2 aromatic heterocycles. The lowest BCUT2D eigenvalue weighted by Crippen LogP contribution is -2.07. The van der Waals surface area contributed by atoms with E-state index < -0.39 is 0 Å². The fraction of sp³-hybridized carbons (Fsp3) is 0.500. The van der Waals surface area contributed by atoms with Gasteiger partial charge in [-0.05, 0) is 40.8 Å². The van der Waals surface area contributed by atoms with Crippen molar-refractivity contribution >= 4 is 22.9 Å². The average Bonchev–Trinajstić information content (AvgIpc) is 2.86. The number of alkyl halides is 1. The Hall–Kier alpha value is -0.940. The van der Waals surface area contributed by atoms with Crippen LogP contribution in [0.15, 0.2) is 11.4 Å². The lowest BCUT2D eigenvalue weighted by atomic mass is 10.2. The van der Waals surface area contributed by atoms with Gasteiger partial charge in [-0.25, -0.2) is 4.68 Å². The van der Waals surface area contributed by atoms with Crippen molar-refractivity contribution in [3.05, 3.63) is 27.7 Å². The van der Waals surface area contributed by atoms with Gasteiger partial charge in [-0.15, -0.1) is 28.0 Å². The summed E-state index contributed by atoms with van der Waals surface area (Å²) in [6, 6.07) is 2.15. The third kappa shape index (κ3) is 2.25. The maximum atomic E-state index is 6.00. The highest BCUT2D eigenvalue weighted by Crippen LogP contribution is 2.21. The van der Waals surface area contributed by atoms with Crippen LogP contribution in [0.3, 0.4) is 0 Å². The zero-order valence-corrected chi connectivity index (χ0v) is 10.8. The third-order valence-electron chi connectivity index (χ3n) is 2.43. The van der Waals surface area contributed by atoms with Crippen LogP contribution in [-0.2, 0) is 13.0 Å². The molecular weight excluding hydrogens is 244 g/mol. The highest BCUT2D eigenvalue weighted by molar-refractivity contribution is 7.10. The van der Waals surface area contributed by atoms with Gasteiger partial charge in [-0.1, -0.05) is 6.92 Å². The first kappa shape index (κ1) is 11.5. The van der Waals surface area contributed by atoms with Crippen LogP contribution in [0.25, 0.3) is 0 Å². The Kier molecular flexibility index (Phi) is 3.56. The van der Waals surface area contributed by atoms with E-state index in [4.69, 9.17) is 11.6 Å². The quantitative estimate of drug-likeness (QED) is 0.790. The van der Waals surface area contributed by atoms with Crippen LogP contribution in [0.1, 0.15) is 35.5 Å². The first-order chi connectivity index (χ1) is 7.72. The lowest BCUT2D eigenvalue weighted by molar-refractivity contribution is 0.621. The van der Waals surface area contributed by atoms with Crippen LogP contribution in [-0.4, -0.2) is 20.2 Å². The van der Waals surface area contributed by atoms with Gasteiger partial charge >= 0.3 is 0 Å². The second-order valence-corrected chi connectivity index (χ2v) is 5.19. The molecule has 0 fully saturated rings. The van der Waals surface area contributed by atoms with E-state index in [0.29, 0.717) is 6.54 Å². The monoisotopic (exact) mass is 256 g/mol. The molecule has 0 saturated carbocycles. The third-order valence-corrected chi connectivity index (χ3v) is 3.57. The number of nitrogens with zero attached hydrogens (tertiary/aromatic N) is 4. The summed E-state index contributed by atoms with van der Waals surface area (Å²) in [6.07, 6.45) is 1.03. The normalized spacial score (nSPS) is 12.9. The van der Waals surface area contributed by atoms with Gasteiger partial charge < -0.3 is 0 Å². The van der Waals surface area contributed by atoms with Gasteiger partial charge in [-0.2, -0.15) is 0 Å². The van der Waals surface area contributed by atoms with Crippen LogP contribution >= 0.6 is 22.9 Å². The number of hydrogen-bond acceptors (Lipinski definition) is 4. The molecule has 0 spiro atoms. The zero-order valence-electron chi connectivity index (χ0n) is 9.22. The van der Waals surface area contributed by atoms with E-state index in [-0.39, 0.29) is 5.38 Å². The Labute approximate surface area is 103 Å². The number of aromatic nitrogens is 4. The maximum absolute atomic E-state index is 6.00. The van der Waals surface area contributed by atoms with E-state index in [2.05, 4.69) is 33.9 Å². The predicted molar refractivity (Wildman–Crippen MR) is 64.9 cm³/mol. The van der Waals surface area contributed by atoms with Gasteiger partial charge in [0, 0.05) is 4.88 Å². The molecule has 0 aromatic carbocycles. The van der Waals surface area contributed by atoms with Gasteiger partial charge in [0.15, 0.2) is 5.82 Å². The summed E-state index contributed by atoms with van der Waals surface area (Å²) >= 11 is 7.74. The number of halogens is 1. The van der Waals surface area contributed by atoms with Gasteiger partial charge in [0.2, 0.25) is 0 Å². The number of rotatable bonds is 4. The summed E-state index contributed by atoms with van der Waals surface area (Å²) in [5.41, 5.74) is 1.36. The van der Waals surface area contributed by atoms with E-state index in [1.165, 1.54) is 10.4 Å². The molecule has 0 aliphatic heterocycles. The standard InChI is InChI=1S/C10H13ClN4S/c1-3-8-4-5-16-9(8)6-15-10(7(2)11)12-13-14-15/h4-5,7H,3,6H2,1-2H3. The van der Waals surface area contributed by atoms with Crippen LogP contribution in [0, 0.1) is 0 Å². The van der Waals surface area contributed by atoms with E-state index in [1.807, 2.05) is 6.92 Å². The minimum atomic E-state index is -0.167. The van der Waals surface area contributed by atoms with Crippen LogP contribution in [0.4, 0.5) is 0 Å². The summed E-state index contributed by atoms with van der Waals surface area (Å²) in [4.78, 5) is 1.30. The van der Waals surface area contributed by atoms with Crippen LogP contribution < -0.4 is 0 Å². The van der Waals surface area contributed by atoms with Crippen molar-refractivity contribution in [2.45, 2.75) is 32.2 Å². The second-order valence-electron chi connectivity index (χ2n) is 3.53. The summed E-state index contributed by atoms with van der Waals surface area (Å²) in [6.45, 7) is 4.73. The van der Waals surface area contributed by atoms with E-state index in [1.54, 1.807) is 16.0 Å². The highest BCUT2D eigenvalue weighted by Gasteiger charge is 2.13. The number of hydrogen-bond donors (Lipinski definition) is 0. The number of aryl methyl sites for hydroxylation is 1. The SMILES string of the molecule is CCc1ccsc1Cn1nnnc1C(C)Cl. The Morgan fingerprint density at radius 3 is 3.06 bits per heavy atom. The smallest absolute Gasteiger partial charge is 0.169 e. The molecule has 0 N–H and O–H groups in total. The fourth-order valence-electron chi connectivity index (χ4n) is 1.57. The molecule has 4 nitrogen and oxygen atoms in total. The first-order valence-corrected chi connectivity index (χ1v) is 6.49. The van der Waals surface area contributed by atoms with Crippen molar-refractivity contribution in [1.29, 1.82) is 0 Å². The first-order valence-electron chi connectivity index (χ1n) is 5.17. The molecule has 2 rings (SSSR count). The van der Waals surface area contributed by atoms with Gasteiger partial charge in [-0.3, -0.25) is 0 Å². The topological polar surface area (TPSA) is 43.6 Å². The minimum Gasteiger partial charge on any atom is -0.223 e. The number of tetrazole rings is 1. The van der Waals surface area contributed by atoms with Crippen molar-refractivity contribution in [2.75, 3.05) is 0 Å². The fourth-order valence-corrected chi connectivity index (χ4v) is 2.68. The lowest BCUT2D eigenvalue weighted by Gasteiger charge is -2.05. The highest BCUT2D eigenvalue weighted by atomic mass is 35.5. The van der Waals surface area contributed by atoms with Gasteiger partial charge in [0.25, 0.3) is 0 Å². The van der Waals surface area contributed by atoms with Crippen LogP contribution in [0.2, 0.25) is 0 Å². The molecule has 0 amide bonds. The molecule has 0 aliphatic rings. The predicted octanol–water partition coefficient (Wildman–Crippen LogP) is 2.65. The Morgan fingerprint density at radius 1 is 1.56 bits per heavy atom. The summed E-state index contributed by atoms with van der Waals surface area (Å²) < 4.78 is 1.77. The van der Waals surface area contributed by atoms with Crippen molar-refractivity contribution in [1.82, 2.24) is 20.2 Å². The van der Waals surface area contributed by atoms with Gasteiger partial charge in [0.1, 0.15) is 0 Å². The molecule has 2 aromatic rings. The molecule has 0 aliphatic carbocycles. The Balaban J connectivity index is 2.23. The maximum Gasteiger partial charge on any atom is 0.169 e. The molecule has 6 heteroatoms. The van der Waals surface area contributed by atoms with E-state index >= 15 is 0 Å².